The molecular formula is C14H13N3O3. The number of hydrogen-bond donors (Lipinski definition) is 1. The smallest absolute Gasteiger partial charge is 0.274 e. The normalized spacial score (nSPS) is 9.85. The summed E-state index contributed by atoms with van der Waals surface area (Å²) in [5, 5.41) is 12.5. The van der Waals surface area contributed by atoms with Gasteiger partial charge in [0.1, 0.15) is 5.69 Å². The zero-order chi connectivity index (χ0) is 14.5. The van der Waals surface area contributed by atoms with Crippen molar-refractivity contribution in [2.45, 2.75) is 6.92 Å². The Morgan fingerprint density at radius 1 is 1.10 bits per heavy atom. The summed E-state index contributed by atoms with van der Waals surface area (Å²) < 4.78 is 0. The first-order chi connectivity index (χ1) is 9.59. The quantitative estimate of drug-likeness (QED) is 0.685. The van der Waals surface area contributed by atoms with Crippen molar-refractivity contribution in [2.75, 3.05) is 5.01 Å². The van der Waals surface area contributed by atoms with Crippen molar-refractivity contribution in [1.29, 1.82) is 0 Å². The molecule has 1 amide bonds. The highest BCUT2D eigenvalue weighted by Crippen LogP contribution is 2.31. The molecule has 0 saturated heterocycles. The van der Waals surface area contributed by atoms with Crippen LogP contribution < -0.4 is 10.4 Å². The maximum Gasteiger partial charge on any atom is 0.294 e. The summed E-state index contributed by atoms with van der Waals surface area (Å²) in [4.78, 5) is 22.0. The number of nitro benzene ring substituents is 1. The predicted octanol–water partition coefficient (Wildman–Crippen LogP) is 2.78. The maximum atomic E-state index is 11.4. The van der Waals surface area contributed by atoms with Gasteiger partial charge in [-0.25, -0.2) is 5.01 Å². The van der Waals surface area contributed by atoms with Crippen LogP contribution in [0, 0.1) is 10.1 Å². The molecular weight excluding hydrogens is 258 g/mol. The third kappa shape index (κ3) is 2.92. The molecule has 0 bridgehead atoms. The molecule has 2 aromatic carbocycles. The lowest BCUT2D eigenvalue weighted by Gasteiger charge is -2.24. The van der Waals surface area contributed by atoms with Gasteiger partial charge in [0.15, 0.2) is 0 Å². The van der Waals surface area contributed by atoms with E-state index in [0.29, 0.717) is 11.4 Å². The molecule has 0 aliphatic heterocycles. The molecule has 6 heteroatoms. The largest absolute Gasteiger partial charge is 0.294 e. The van der Waals surface area contributed by atoms with E-state index in [9.17, 15) is 14.9 Å². The van der Waals surface area contributed by atoms with Gasteiger partial charge in [-0.1, -0.05) is 30.3 Å². The summed E-state index contributed by atoms with van der Waals surface area (Å²) in [7, 11) is 0. The molecule has 0 atom stereocenters. The van der Waals surface area contributed by atoms with Gasteiger partial charge in [-0.05, 0) is 18.2 Å². The number of carbonyl (C=O) groups is 1. The van der Waals surface area contributed by atoms with E-state index in [0.717, 1.165) is 0 Å². The second kappa shape index (κ2) is 5.83. The molecule has 0 unspecified atom stereocenters. The van der Waals surface area contributed by atoms with Crippen molar-refractivity contribution >= 4 is 23.0 Å². The fourth-order valence-electron chi connectivity index (χ4n) is 1.81. The van der Waals surface area contributed by atoms with E-state index in [4.69, 9.17) is 0 Å². The van der Waals surface area contributed by atoms with Crippen LogP contribution >= 0.6 is 0 Å². The lowest BCUT2D eigenvalue weighted by atomic mass is 10.2. The van der Waals surface area contributed by atoms with E-state index < -0.39 is 4.92 Å². The van der Waals surface area contributed by atoms with Crippen LogP contribution in [-0.2, 0) is 4.79 Å². The zero-order valence-electron chi connectivity index (χ0n) is 10.8. The summed E-state index contributed by atoms with van der Waals surface area (Å²) in [6.45, 7) is 1.35. The van der Waals surface area contributed by atoms with Gasteiger partial charge < -0.3 is 0 Å². The first kappa shape index (κ1) is 13.5. The van der Waals surface area contributed by atoms with Gasteiger partial charge in [0.2, 0.25) is 5.91 Å². The Labute approximate surface area is 115 Å². The Hall–Kier alpha value is -2.89. The van der Waals surface area contributed by atoms with Crippen LogP contribution in [0.25, 0.3) is 0 Å². The predicted molar refractivity (Wildman–Crippen MR) is 75.5 cm³/mol. The summed E-state index contributed by atoms with van der Waals surface area (Å²) in [5.74, 6) is -0.313. The number of nitro groups is 1. The number of nitrogens with zero attached hydrogens (tertiary/aromatic N) is 2. The number of benzene rings is 2. The maximum absolute atomic E-state index is 11.4. The molecule has 2 rings (SSSR count). The first-order valence-electron chi connectivity index (χ1n) is 5.95. The molecule has 6 nitrogen and oxygen atoms in total. The Balaban J connectivity index is 2.52. The van der Waals surface area contributed by atoms with Gasteiger partial charge in [-0.15, -0.1) is 0 Å². The molecule has 0 radical (unpaired) electrons. The zero-order valence-corrected chi connectivity index (χ0v) is 10.8. The van der Waals surface area contributed by atoms with Gasteiger partial charge in [-0.2, -0.15) is 0 Å². The molecule has 0 aliphatic carbocycles. The van der Waals surface area contributed by atoms with E-state index in [1.165, 1.54) is 18.0 Å². The molecule has 0 saturated carbocycles. The van der Waals surface area contributed by atoms with Crippen molar-refractivity contribution in [3.05, 3.63) is 64.7 Å². The molecule has 0 aliphatic rings. The van der Waals surface area contributed by atoms with Crippen LogP contribution in [0.5, 0.6) is 0 Å². The summed E-state index contributed by atoms with van der Waals surface area (Å²) in [6.07, 6.45) is 0. The molecule has 0 heterocycles. The van der Waals surface area contributed by atoms with E-state index in [1.54, 1.807) is 42.5 Å². The fourth-order valence-corrected chi connectivity index (χ4v) is 1.81. The monoisotopic (exact) mass is 271 g/mol. The van der Waals surface area contributed by atoms with Gasteiger partial charge in [0, 0.05) is 13.0 Å². The van der Waals surface area contributed by atoms with E-state index in [-0.39, 0.29) is 11.6 Å². The second-order valence-electron chi connectivity index (χ2n) is 4.08. The first-order valence-corrected chi connectivity index (χ1v) is 5.95. The van der Waals surface area contributed by atoms with Gasteiger partial charge in [0.25, 0.3) is 5.69 Å². The highest BCUT2D eigenvalue weighted by molar-refractivity contribution is 5.80. The molecule has 1 N–H and O–H groups in total. The molecule has 20 heavy (non-hydrogen) atoms. The highest BCUT2D eigenvalue weighted by atomic mass is 16.6. The number of anilines is 2. The number of rotatable bonds is 4. The van der Waals surface area contributed by atoms with E-state index in [1.807, 2.05) is 6.07 Å². The van der Waals surface area contributed by atoms with Gasteiger partial charge >= 0.3 is 0 Å². The summed E-state index contributed by atoms with van der Waals surface area (Å²) >= 11 is 0. The Bertz CT molecular complexity index is 629. The lowest BCUT2D eigenvalue weighted by Crippen LogP contribution is -2.37. The van der Waals surface area contributed by atoms with E-state index >= 15 is 0 Å². The third-order valence-electron chi connectivity index (χ3n) is 2.60. The Morgan fingerprint density at radius 3 is 2.30 bits per heavy atom. The van der Waals surface area contributed by atoms with Crippen molar-refractivity contribution < 1.29 is 9.72 Å². The van der Waals surface area contributed by atoms with Gasteiger partial charge in [0.05, 0.1) is 10.6 Å². The third-order valence-corrected chi connectivity index (χ3v) is 2.60. The van der Waals surface area contributed by atoms with Crippen molar-refractivity contribution in [2.24, 2.45) is 0 Å². The minimum Gasteiger partial charge on any atom is -0.274 e. The number of nitrogens with one attached hydrogen (secondary N) is 1. The lowest BCUT2D eigenvalue weighted by molar-refractivity contribution is -0.384. The standard InChI is InChI=1S/C14H13N3O3/c1-11(18)15-16(12-7-3-2-4-8-12)13-9-5-6-10-14(13)17(19)20/h2-10H,1H3,(H,15,18). The number of para-hydroxylation sites is 3. The number of hydrogen-bond acceptors (Lipinski definition) is 4. The second-order valence-corrected chi connectivity index (χ2v) is 4.08. The van der Waals surface area contributed by atoms with E-state index in [2.05, 4.69) is 5.43 Å². The van der Waals surface area contributed by atoms with Crippen LogP contribution in [-0.4, -0.2) is 10.8 Å². The van der Waals surface area contributed by atoms with Crippen molar-refractivity contribution in [3.8, 4) is 0 Å². The molecule has 0 aromatic heterocycles. The Kier molecular flexibility index (Phi) is 3.95. The number of hydrazine groups is 1. The highest BCUT2D eigenvalue weighted by Gasteiger charge is 2.20. The van der Waals surface area contributed by atoms with Crippen LogP contribution in [0.3, 0.4) is 0 Å². The SMILES string of the molecule is CC(=O)NN(c1ccccc1)c1ccccc1[N+](=O)[O-]. The topological polar surface area (TPSA) is 75.5 Å². The average molecular weight is 271 g/mol. The van der Waals surface area contributed by atoms with Crippen molar-refractivity contribution in [3.63, 3.8) is 0 Å². The number of amides is 1. The fraction of sp³-hybridized carbons (Fsp3) is 0.0714. The number of carbonyl (C=O) groups excluding carboxylic acids is 1. The molecule has 102 valence electrons. The molecule has 2 aromatic rings. The van der Waals surface area contributed by atoms with Crippen LogP contribution in [0.4, 0.5) is 17.1 Å². The molecule has 0 spiro atoms. The minimum absolute atomic E-state index is 0.0786. The van der Waals surface area contributed by atoms with Crippen LogP contribution in [0.2, 0.25) is 0 Å². The summed E-state index contributed by atoms with van der Waals surface area (Å²) in [5.41, 5.74) is 3.46. The van der Waals surface area contributed by atoms with Crippen LogP contribution in [0.15, 0.2) is 54.6 Å². The van der Waals surface area contributed by atoms with Crippen LogP contribution in [0.1, 0.15) is 6.92 Å². The molecule has 0 fully saturated rings. The minimum atomic E-state index is -0.479. The Morgan fingerprint density at radius 2 is 1.70 bits per heavy atom. The van der Waals surface area contributed by atoms with Crippen molar-refractivity contribution in [1.82, 2.24) is 5.43 Å². The average Bonchev–Trinajstić information content (AvgIpc) is 2.45. The summed E-state index contributed by atoms with van der Waals surface area (Å²) in [6, 6.07) is 15.2. The van der Waals surface area contributed by atoms with Gasteiger partial charge in [-0.3, -0.25) is 20.3 Å².